The van der Waals surface area contributed by atoms with Crippen molar-refractivity contribution in [1.82, 2.24) is 15.1 Å². The van der Waals surface area contributed by atoms with Crippen LogP contribution >= 0.6 is 11.6 Å². The Hall–Kier alpha value is -3.06. The molecule has 9 nitrogen and oxygen atoms in total. The van der Waals surface area contributed by atoms with Gasteiger partial charge in [0.25, 0.3) is 5.91 Å². The first-order valence-electron chi connectivity index (χ1n) is 10.2. The maximum absolute atomic E-state index is 14.8. The fourth-order valence-electron chi connectivity index (χ4n) is 3.39. The molecule has 3 rings (SSSR count). The lowest BCUT2D eigenvalue weighted by Gasteiger charge is -2.24. The number of nitrogens with zero attached hydrogens (tertiary/aromatic N) is 2. The second kappa shape index (κ2) is 10.1. The minimum atomic E-state index is -4.78. The standard InChI is InChI=1S/C20H22ClF4N5O4/c1-9-16(17(21)29-28-9)27-18(32)12-6-13(22)14(7-15(12)34-10(2)20(23,24)25)26-19(33)30-5-3-4-11(30)8-31/h6-7,10-11,31H,3-5,8H2,1-2H3,(H,26,33)(H,27,32)(H,28,29)/t10-,11+/m0/s1. The van der Waals surface area contributed by atoms with E-state index in [0.29, 0.717) is 31.1 Å². The zero-order valence-corrected chi connectivity index (χ0v) is 18.8. The number of H-pyrrole nitrogens is 1. The van der Waals surface area contributed by atoms with Crippen molar-refractivity contribution in [3.63, 3.8) is 0 Å². The molecule has 1 saturated heterocycles. The zero-order valence-electron chi connectivity index (χ0n) is 18.1. The van der Waals surface area contributed by atoms with E-state index in [-0.39, 0.29) is 17.4 Å². The van der Waals surface area contributed by atoms with Gasteiger partial charge >= 0.3 is 12.2 Å². The van der Waals surface area contributed by atoms with Gasteiger partial charge in [0.2, 0.25) is 0 Å². The molecular weight excluding hydrogens is 486 g/mol. The van der Waals surface area contributed by atoms with Gasteiger partial charge < -0.3 is 25.4 Å². The number of halogens is 5. The number of hydrogen-bond acceptors (Lipinski definition) is 5. The number of aryl methyl sites for hydroxylation is 1. The normalized spacial score (nSPS) is 16.9. The largest absolute Gasteiger partial charge is 0.480 e. The molecule has 3 amide bonds. The van der Waals surface area contributed by atoms with E-state index in [4.69, 9.17) is 16.3 Å². The van der Waals surface area contributed by atoms with E-state index in [1.807, 2.05) is 0 Å². The van der Waals surface area contributed by atoms with Crippen molar-refractivity contribution >= 4 is 34.9 Å². The summed E-state index contributed by atoms with van der Waals surface area (Å²) in [6.07, 6.45) is -5.93. The molecule has 2 atom stereocenters. The molecule has 1 aliphatic rings. The van der Waals surface area contributed by atoms with Crippen molar-refractivity contribution in [3.05, 3.63) is 34.4 Å². The van der Waals surface area contributed by atoms with Crippen molar-refractivity contribution in [1.29, 1.82) is 0 Å². The first-order valence-corrected chi connectivity index (χ1v) is 10.6. The number of aromatic nitrogens is 2. The highest BCUT2D eigenvalue weighted by Crippen LogP contribution is 2.33. The van der Waals surface area contributed by atoms with E-state index in [1.165, 1.54) is 11.8 Å². The smallest absolute Gasteiger partial charge is 0.425 e. The number of anilines is 2. The first-order chi connectivity index (χ1) is 15.9. The van der Waals surface area contributed by atoms with Gasteiger partial charge in [0, 0.05) is 12.6 Å². The van der Waals surface area contributed by atoms with Crippen LogP contribution in [0.1, 0.15) is 35.8 Å². The van der Waals surface area contributed by atoms with Crippen LogP contribution in [0, 0.1) is 12.7 Å². The molecular formula is C20H22ClF4N5O4. The van der Waals surface area contributed by atoms with Gasteiger partial charge in [0.05, 0.1) is 29.6 Å². The minimum Gasteiger partial charge on any atom is -0.480 e. The van der Waals surface area contributed by atoms with Crippen LogP contribution in [-0.4, -0.2) is 63.6 Å². The van der Waals surface area contributed by atoms with E-state index in [1.54, 1.807) is 0 Å². The highest BCUT2D eigenvalue weighted by atomic mass is 35.5. The van der Waals surface area contributed by atoms with Crippen LogP contribution in [0.25, 0.3) is 0 Å². The lowest BCUT2D eigenvalue weighted by molar-refractivity contribution is -0.189. The van der Waals surface area contributed by atoms with Crippen LogP contribution in [0.2, 0.25) is 5.15 Å². The molecule has 34 heavy (non-hydrogen) atoms. The van der Waals surface area contributed by atoms with Gasteiger partial charge in [0.15, 0.2) is 11.3 Å². The predicted molar refractivity (Wildman–Crippen MR) is 115 cm³/mol. The molecule has 0 unspecified atom stereocenters. The molecule has 1 aromatic heterocycles. The van der Waals surface area contributed by atoms with E-state index in [9.17, 15) is 32.3 Å². The summed E-state index contributed by atoms with van der Waals surface area (Å²) < 4.78 is 59.2. The summed E-state index contributed by atoms with van der Waals surface area (Å²) in [4.78, 5) is 26.6. The first kappa shape index (κ1) is 25.6. The van der Waals surface area contributed by atoms with Crippen molar-refractivity contribution in [2.45, 2.75) is 45.0 Å². The fourth-order valence-corrected chi connectivity index (χ4v) is 3.62. The average Bonchev–Trinajstić information content (AvgIpc) is 3.37. The van der Waals surface area contributed by atoms with Crippen LogP contribution in [0.5, 0.6) is 5.75 Å². The molecule has 2 aromatic rings. The van der Waals surface area contributed by atoms with Gasteiger partial charge in [-0.3, -0.25) is 9.89 Å². The van der Waals surface area contributed by atoms with Gasteiger partial charge in [-0.15, -0.1) is 0 Å². The van der Waals surface area contributed by atoms with Crippen molar-refractivity contribution < 1.29 is 37.0 Å². The van der Waals surface area contributed by atoms with Crippen molar-refractivity contribution in [2.24, 2.45) is 0 Å². The molecule has 0 saturated carbocycles. The predicted octanol–water partition coefficient (Wildman–Crippen LogP) is 4.08. The number of aliphatic hydroxyl groups excluding tert-OH is 1. The topological polar surface area (TPSA) is 120 Å². The fraction of sp³-hybridized carbons (Fsp3) is 0.450. The lowest BCUT2D eigenvalue weighted by atomic mass is 10.1. The van der Waals surface area contributed by atoms with Crippen LogP contribution < -0.4 is 15.4 Å². The number of nitrogens with one attached hydrogen (secondary N) is 3. The maximum atomic E-state index is 14.8. The second-order valence-corrected chi connectivity index (χ2v) is 8.06. The summed E-state index contributed by atoms with van der Waals surface area (Å²) in [5.74, 6) is -2.70. The lowest BCUT2D eigenvalue weighted by Crippen LogP contribution is -2.40. The van der Waals surface area contributed by atoms with Gasteiger partial charge in [-0.25, -0.2) is 9.18 Å². The Morgan fingerprint density at radius 3 is 2.68 bits per heavy atom. The quantitative estimate of drug-likeness (QED) is 0.439. The number of hydrogen-bond donors (Lipinski definition) is 4. The number of aromatic amines is 1. The van der Waals surface area contributed by atoms with Crippen LogP contribution in [-0.2, 0) is 0 Å². The van der Waals surface area contributed by atoms with Gasteiger partial charge in [0.1, 0.15) is 17.3 Å². The number of rotatable bonds is 6. The van der Waals surface area contributed by atoms with E-state index in [2.05, 4.69) is 20.8 Å². The number of urea groups is 1. The highest BCUT2D eigenvalue weighted by Gasteiger charge is 2.39. The zero-order chi connectivity index (χ0) is 25.2. The van der Waals surface area contributed by atoms with Gasteiger partial charge in [-0.2, -0.15) is 18.3 Å². The summed E-state index contributed by atoms with van der Waals surface area (Å²) in [7, 11) is 0. The van der Waals surface area contributed by atoms with E-state index >= 15 is 0 Å². The number of ether oxygens (including phenoxy) is 1. The molecule has 1 aromatic carbocycles. The van der Waals surface area contributed by atoms with Crippen LogP contribution in [0.4, 0.5) is 33.7 Å². The second-order valence-electron chi connectivity index (χ2n) is 7.70. The van der Waals surface area contributed by atoms with Crippen molar-refractivity contribution in [3.8, 4) is 5.75 Å². The van der Waals surface area contributed by atoms with E-state index in [0.717, 1.165) is 13.0 Å². The summed E-state index contributed by atoms with van der Waals surface area (Å²) >= 11 is 5.88. The molecule has 186 valence electrons. The Labute approximate surface area is 196 Å². The number of alkyl halides is 3. The van der Waals surface area contributed by atoms with Gasteiger partial charge in [-0.1, -0.05) is 11.6 Å². The molecule has 0 spiro atoms. The molecule has 0 radical (unpaired) electrons. The Bertz CT molecular complexity index is 1060. The summed E-state index contributed by atoms with van der Waals surface area (Å²) in [6, 6.07) is 0.249. The molecule has 0 aliphatic carbocycles. The Morgan fingerprint density at radius 1 is 1.38 bits per heavy atom. The molecule has 1 aliphatic heterocycles. The van der Waals surface area contributed by atoms with E-state index < -0.39 is 53.1 Å². The summed E-state index contributed by atoms with van der Waals surface area (Å²) in [5.41, 5.74) is -0.633. The number of aliphatic hydroxyl groups is 1. The monoisotopic (exact) mass is 507 g/mol. The van der Waals surface area contributed by atoms with Gasteiger partial charge in [-0.05, 0) is 32.8 Å². The number of benzene rings is 1. The third kappa shape index (κ3) is 5.53. The summed E-state index contributed by atoms with van der Waals surface area (Å²) in [6.45, 7) is 2.28. The molecule has 4 N–H and O–H groups in total. The Balaban J connectivity index is 1.94. The average molecular weight is 508 g/mol. The number of amides is 3. The van der Waals surface area contributed by atoms with Crippen LogP contribution in [0.3, 0.4) is 0 Å². The maximum Gasteiger partial charge on any atom is 0.425 e. The van der Waals surface area contributed by atoms with Crippen molar-refractivity contribution in [2.75, 3.05) is 23.8 Å². The third-order valence-electron chi connectivity index (χ3n) is 5.31. The molecule has 14 heteroatoms. The number of likely N-dealkylation sites (tertiary alicyclic amines) is 1. The Kier molecular flexibility index (Phi) is 7.56. The minimum absolute atomic E-state index is 0.0587. The summed E-state index contributed by atoms with van der Waals surface area (Å²) in [5, 5.41) is 20.1. The third-order valence-corrected chi connectivity index (χ3v) is 5.58. The number of carbonyl (C=O) groups is 2. The molecule has 0 bridgehead atoms. The Morgan fingerprint density at radius 2 is 2.09 bits per heavy atom. The SMILES string of the molecule is Cc1[nH]nc(Cl)c1NC(=O)c1cc(F)c(NC(=O)N2CCC[C@@H]2CO)cc1O[C@@H](C)C(F)(F)F. The number of carbonyl (C=O) groups excluding carboxylic acids is 2. The molecule has 2 heterocycles. The highest BCUT2D eigenvalue weighted by molar-refractivity contribution is 6.33. The molecule has 1 fully saturated rings. The van der Waals surface area contributed by atoms with Crippen LogP contribution in [0.15, 0.2) is 12.1 Å².